The molecular weight excluding hydrogens is 144 g/mol. The van der Waals surface area contributed by atoms with Gasteiger partial charge < -0.3 is 14.3 Å². The fourth-order valence-corrected chi connectivity index (χ4v) is 1.36. The first-order valence-corrected chi connectivity index (χ1v) is 3.98. The summed E-state index contributed by atoms with van der Waals surface area (Å²) < 4.78 is 10.8. The van der Waals surface area contributed by atoms with Crippen LogP contribution in [-0.2, 0) is 14.3 Å². The molecule has 1 unspecified atom stereocenters. The minimum atomic E-state index is -0.623. The second-order valence-corrected chi connectivity index (χ2v) is 2.79. The predicted molar refractivity (Wildman–Crippen MR) is 40.2 cm³/mol. The first kappa shape index (κ1) is 8.68. The Bertz CT molecular complexity index is 138. The van der Waals surface area contributed by atoms with Crippen LogP contribution in [0.15, 0.2) is 0 Å². The summed E-state index contributed by atoms with van der Waals surface area (Å²) in [6.45, 7) is 4.99. The summed E-state index contributed by atoms with van der Waals surface area (Å²) in [5, 5.41) is 0. The normalized spacial score (nSPS) is 24.9. The lowest BCUT2D eigenvalue weighted by Gasteiger charge is -2.28. The van der Waals surface area contributed by atoms with E-state index in [1.165, 1.54) is 0 Å². The largest absolute Gasteiger partial charge is 0.347 e. The summed E-state index contributed by atoms with van der Waals surface area (Å²) in [7, 11) is 0. The van der Waals surface area contributed by atoms with E-state index in [-0.39, 0.29) is 5.92 Å². The minimum Gasteiger partial charge on any atom is -0.347 e. The van der Waals surface area contributed by atoms with Crippen molar-refractivity contribution in [2.75, 3.05) is 13.2 Å². The monoisotopic (exact) mass is 158 g/mol. The van der Waals surface area contributed by atoms with Crippen molar-refractivity contribution in [2.45, 2.75) is 26.1 Å². The van der Waals surface area contributed by atoms with Crippen LogP contribution < -0.4 is 0 Å². The molecule has 0 aliphatic carbocycles. The van der Waals surface area contributed by atoms with Crippen LogP contribution in [0.1, 0.15) is 20.3 Å². The first-order chi connectivity index (χ1) is 5.25. The average molecular weight is 158 g/mol. The lowest BCUT2D eigenvalue weighted by Crippen LogP contribution is -2.37. The van der Waals surface area contributed by atoms with Crippen molar-refractivity contribution >= 4 is 6.29 Å². The Kier molecular flexibility index (Phi) is 2.62. The molecule has 0 saturated carbocycles. The standard InChI is InChI=1S/C8H14O3/c1-3-8(7(2)6-9)10-4-5-11-8/h6-7H,3-5H2,1-2H3. The lowest BCUT2D eigenvalue weighted by molar-refractivity contribution is -0.190. The summed E-state index contributed by atoms with van der Waals surface area (Å²) in [5.74, 6) is -0.795. The quantitative estimate of drug-likeness (QED) is 0.574. The number of rotatable bonds is 3. The van der Waals surface area contributed by atoms with E-state index in [4.69, 9.17) is 9.47 Å². The zero-order chi connectivity index (χ0) is 8.32. The zero-order valence-corrected chi connectivity index (χ0v) is 7.00. The van der Waals surface area contributed by atoms with Gasteiger partial charge in [-0.25, -0.2) is 0 Å². The molecule has 0 radical (unpaired) electrons. The molecule has 1 fully saturated rings. The van der Waals surface area contributed by atoms with Crippen molar-refractivity contribution in [2.24, 2.45) is 5.92 Å². The third-order valence-corrected chi connectivity index (χ3v) is 2.17. The molecule has 1 aliphatic rings. The molecule has 3 nitrogen and oxygen atoms in total. The molecule has 0 bridgehead atoms. The predicted octanol–water partition coefficient (Wildman–Crippen LogP) is 0.974. The highest BCUT2D eigenvalue weighted by Crippen LogP contribution is 2.29. The Balaban J connectivity index is 2.65. The molecule has 1 saturated heterocycles. The van der Waals surface area contributed by atoms with Crippen LogP contribution in [0.4, 0.5) is 0 Å². The number of hydrogen-bond acceptors (Lipinski definition) is 3. The van der Waals surface area contributed by atoms with Gasteiger partial charge in [-0.1, -0.05) is 13.8 Å². The van der Waals surface area contributed by atoms with Gasteiger partial charge >= 0.3 is 0 Å². The molecule has 1 atom stereocenters. The van der Waals surface area contributed by atoms with Crippen molar-refractivity contribution in [1.29, 1.82) is 0 Å². The number of carbonyl (C=O) groups is 1. The maximum atomic E-state index is 10.5. The molecule has 11 heavy (non-hydrogen) atoms. The topological polar surface area (TPSA) is 35.5 Å². The summed E-state index contributed by atoms with van der Waals surface area (Å²) in [6.07, 6.45) is 1.61. The lowest BCUT2D eigenvalue weighted by atomic mass is 10.00. The molecule has 0 amide bonds. The van der Waals surface area contributed by atoms with Gasteiger partial charge in [-0.05, 0) is 6.42 Å². The van der Waals surface area contributed by atoms with Gasteiger partial charge in [0.15, 0.2) is 5.79 Å². The highest BCUT2D eigenvalue weighted by molar-refractivity contribution is 5.54. The van der Waals surface area contributed by atoms with Crippen LogP contribution in [0.25, 0.3) is 0 Å². The maximum Gasteiger partial charge on any atom is 0.177 e. The molecule has 1 aliphatic heterocycles. The first-order valence-electron chi connectivity index (χ1n) is 3.98. The van der Waals surface area contributed by atoms with Crippen molar-refractivity contribution in [3.63, 3.8) is 0 Å². The minimum absolute atomic E-state index is 0.171. The van der Waals surface area contributed by atoms with Crippen LogP contribution in [0.3, 0.4) is 0 Å². The van der Waals surface area contributed by atoms with Crippen LogP contribution >= 0.6 is 0 Å². The Morgan fingerprint density at radius 1 is 1.55 bits per heavy atom. The molecule has 1 heterocycles. The highest BCUT2D eigenvalue weighted by atomic mass is 16.7. The van der Waals surface area contributed by atoms with Gasteiger partial charge in [-0.15, -0.1) is 0 Å². The Labute approximate surface area is 66.7 Å². The second-order valence-electron chi connectivity index (χ2n) is 2.79. The molecule has 0 aromatic heterocycles. The molecule has 3 heteroatoms. The van der Waals surface area contributed by atoms with Gasteiger partial charge in [0.05, 0.1) is 19.1 Å². The molecule has 0 aromatic rings. The van der Waals surface area contributed by atoms with E-state index in [1.54, 1.807) is 0 Å². The molecule has 64 valence electrons. The van der Waals surface area contributed by atoms with Crippen LogP contribution in [0, 0.1) is 5.92 Å². The van der Waals surface area contributed by atoms with Gasteiger partial charge in [-0.3, -0.25) is 0 Å². The van der Waals surface area contributed by atoms with Crippen LogP contribution in [-0.4, -0.2) is 25.3 Å². The second kappa shape index (κ2) is 3.32. The SMILES string of the molecule is CCC1(C(C)C=O)OCCO1. The van der Waals surface area contributed by atoms with Crippen LogP contribution in [0.2, 0.25) is 0 Å². The van der Waals surface area contributed by atoms with Gasteiger partial charge in [0.2, 0.25) is 0 Å². The molecule has 1 rings (SSSR count). The smallest absolute Gasteiger partial charge is 0.177 e. The summed E-state index contributed by atoms with van der Waals surface area (Å²) >= 11 is 0. The van der Waals surface area contributed by atoms with Gasteiger partial charge in [0.25, 0.3) is 0 Å². The number of ether oxygens (including phenoxy) is 2. The van der Waals surface area contributed by atoms with Crippen molar-refractivity contribution in [1.82, 2.24) is 0 Å². The highest BCUT2D eigenvalue weighted by Gasteiger charge is 2.40. The number of carbonyl (C=O) groups excluding carboxylic acids is 1. The molecule has 0 N–H and O–H groups in total. The van der Waals surface area contributed by atoms with Crippen LogP contribution in [0.5, 0.6) is 0 Å². The third kappa shape index (κ3) is 1.44. The summed E-state index contributed by atoms with van der Waals surface area (Å²) in [5.41, 5.74) is 0. The van der Waals surface area contributed by atoms with E-state index < -0.39 is 5.79 Å². The Morgan fingerprint density at radius 2 is 2.09 bits per heavy atom. The van der Waals surface area contributed by atoms with E-state index in [0.29, 0.717) is 13.2 Å². The summed E-state index contributed by atoms with van der Waals surface area (Å²) in [4.78, 5) is 10.5. The van der Waals surface area contributed by atoms with E-state index in [9.17, 15) is 4.79 Å². The Morgan fingerprint density at radius 3 is 2.45 bits per heavy atom. The fraction of sp³-hybridized carbons (Fsp3) is 0.875. The zero-order valence-electron chi connectivity index (χ0n) is 7.00. The summed E-state index contributed by atoms with van der Waals surface area (Å²) in [6, 6.07) is 0. The van der Waals surface area contributed by atoms with Crippen molar-refractivity contribution in [3.8, 4) is 0 Å². The molecule has 0 aromatic carbocycles. The van der Waals surface area contributed by atoms with E-state index in [2.05, 4.69) is 0 Å². The number of aldehydes is 1. The Hall–Kier alpha value is -0.410. The molecular formula is C8H14O3. The number of hydrogen-bond donors (Lipinski definition) is 0. The van der Waals surface area contributed by atoms with Crippen molar-refractivity contribution < 1.29 is 14.3 Å². The van der Waals surface area contributed by atoms with E-state index in [0.717, 1.165) is 12.7 Å². The van der Waals surface area contributed by atoms with Crippen molar-refractivity contribution in [3.05, 3.63) is 0 Å². The molecule has 0 spiro atoms. The maximum absolute atomic E-state index is 10.5. The average Bonchev–Trinajstić information content (AvgIpc) is 2.52. The van der Waals surface area contributed by atoms with Gasteiger partial charge in [0.1, 0.15) is 6.29 Å². The van der Waals surface area contributed by atoms with E-state index >= 15 is 0 Å². The van der Waals surface area contributed by atoms with Gasteiger partial charge in [-0.2, -0.15) is 0 Å². The van der Waals surface area contributed by atoms with E-state index in [1.807, 2.05) is 13.8 Å². The third-order valence-electron chi connectivity index (χ3n) is 2.17. The van der Waals surface area contributed by atoms with Gasteiger partial charge in [0, 0.05) is 0 Å². The fourth-order valence-electron chi connectivity index (χ4n) is 1.36.